The maximum Gasteiger partial charge on any atom is 0.410 e. The number of nitrogens with zero attached hydrogens (tertiary/aromatic N) is 1. The molecule has 1 aliphatic heterocycles. The molecule has 0 atom stereocenters. The van der Waals surface area contributed by atoms with E-state index < -0.39 is 23.3 Å². The topological polar surface area (TPSA) is 65.1 Å². The minimum Gasteiger partial charge on any atom is -0.475 e. The van der Waals surface area contributed by atoms with Crippen molar-refractivity contribution in [3.05, 3.63) is 59.6 Å². The molecule has 1 fully saturated rings. The van der Waals surface area contributed by atoms with Gasteiger partial charge in [0.25, 0.3) is 0 Å². The van der Waals surface area contributed by atoms with Crippen LogP contribution >= 0.6 is 23.4 Å². The standard InChI is InChI=1S/C24H28ClNO5S/c1-23(2,3)31-22(28)26-15-13-24(14-16-26,30-19-11-9-18(25)10-12-19)21(27)29-17-32-20-7-5-4-6-8-20/h4-12H,13-17H2,1-3H3. The fourth-order valence-electron chi connectivity index (χ4n) is 3.25. The van der Waals surface area contributed by atoms with Crippen molar-refractivity contribution in [2.24, 2.45) is 0 Å². The van der Waals surface area contributed by atoms with E-state index in [9.17, 15) is 9.59 Å². The van der Waals surface area contributed by atoms with Gasteiger partial charge in [0.15, 0.2) is 0 Å². The number of rotatable bonds is 6. The summed E-state index contributed by atoms with van der Waals surface area (Å²) in [5.74, 6) is 0.247. The monoisotopic (exact) mass is 477 g/mol. The summed E-state index contributed by atoms with van der Waals surface area (Å²) < 4.78 is 17.2. The number of carbonyl (C=O) groups is 2. The van der Waals surface area contributed by atoms with Crippen LogP contribution in [0.1, 0.15) is 33.6 Å². The Balaban J connectivity index is 1.68. The van der Waals surface area contributed by atoms with Crippen LogP contribution in [-0.2, 0) is 14.3 Å². The summed E-state index contributed by atoms with van der Waals surface area (Å²) in [6.45, 7) is 6.12. The van der Waals surface area contributed by atoms with Crippen LogP contribution in [0.4, 0.5) is 4.79 Å². The average molecular weight is 478 g/mol. The third-order valence-electron chi connectivity index (χ3n) is 4.88. The van der Waals surface area contributed by atoms with Crippen molar-refractivity contribution in [3.63, 3.8) is 0 Å². The van der Waals surface area contributed by atoms with Crippen molar-refractivity contribution >= 4 is 35.4 Å². The second-order valence-corrected chi connectivity index (χ2v) is 9.96. The Bertz CT molecular complexity index is 906. The number of halogens is 1. The molecule has 0 unspecified atom stereocenters. The van der Waals surface area contributed by atoms with E-state index in [-0.39, 0.29) is 5.94 Å². The fourth-order valence-corrected chi connectivity index (χ4v) is 4.03. The molecule has 0 aliphatic carbocycles. The highest BCUT2D eigenvalue weighted by Gasteiger charge is 2.46. The van der Waals surface area contributed by atoms with E-state index in [0.29, 0.717) is 36.7 Å². The molecule has 6 nitrogen and oxygen atoms in total. The second kappa shape index (κ2) is 10.5. The highest BCUT2D eigenvalue weighted by Crippen LogP contribution is 2.32. The summed E-state index contributed by atoms with van der Waals surface area (Å²) >= 11 is 7.41. The molecule has 2 aromatic carbocycles. The highest BCUT2D eigenvalue weighted by atomic mass is 35.5. The molecule has 0 bridgehead atoms. The van der Waals surface area contributed by atoms with Crippen molar-refractivity contribution in [3.8, 4) is 5.75 Å². The lowest BCUT2D eigenvalue weighted by Crippen LogP contribution is -2.55. The molecule has 1 heterocycles. The Labute approximate surface area is 198 Å². The predicted molar refractivity (Wildman–Crippen MR) is 125 cm³/mol. The summed E-state index contributed by atoms with van der Waals surface area (Å²) in [5.41, 5.74) is -1.78. The lowest BCUT2D eigenvalue weighted by molar-refractivity contribution is -0.164. The molecular formula is C24H28ClNO5S. The number of benzene rings is 2. The van der Waals surface area contributed by atoms with Crippen LogP contribution in [0.2, 0.25) is 5.02 Å². The van der Waals surface area contributed by atoms with E-state index in [4.69, 9.17) is 25.8 Å². The number of likely N-dealkylation sites (tertiary alicyclic amines) is 1. The van der Waals surface area contributed by atoms with Gasteiger partial charge in [-0.3, -0.25) is 0 Å². The molecule has 3 rings (SSSR count). The van der Waals surface area contributed by atoms with Gasteiger partial charge in [-0.15, -0.1) is 0 Å². The van der Waals surface area contributed by atoms with Crippen LogP contribution in [0.25, 0.3) is 0 Å². The summed E-state index contributed by atoms with van der Waals surface area (Å²) in [5, 5.41) is 0.577. The van der Waals surface area contributed by atoms with Crippen molar-refractivity contribution in [2.45, 2.75) is 49.7 Å². The Kier molecular flexibility index (Phi) is 7.96. The van der Waals surface area contributed by atoms with E-state index >= 15 is 0 Å². The minimum atomic E-state index is -1.19. The van der Waals surface area contributed by atoms with Crippen molar-refractivity contribution < 1.29 is 23.8 Å². The third kappa shape index (κ3) is 6.81. The summed E-state index contributed by atoms with van der Waals surface area (Å²) in [6, 6.07) is 16.6. The number of thioether (sulfide) groups is 1. The van der Waals surface area contributed by atoms with Crippen molar-refractivity contribution in [1.82, 2.24) is 4.90 Å². The van der Waals surface area contributed by atoms with E-state index in [0.717, 1.165) is 4.90 Å². The molecule has 0 spiro atoms. The van der Waals surface area contributed by atoms with E-state index in [1.165, 1.54) is 11.8 Å². The van der Waals surface area contributed by atoms with Crippen LogP contribution in [0.5, 0.6) is 5.75 Å². The van der Waals surface area contributed by atoms with Crippen LogP contribution in [-0.4, -0.2) is 47.2 Å². The number of hydrogen-bond acceptors (Lipinski definition) is 6. The van der Waals surface area contributed by atoms with E-state index in [1.807, 2.05) is 51.1 Å². The molecule has 0 saturated carbocycles. The number of esters is 1. The molecule has 0 radical (unpaired) electrons. The number of hydrogen-bond donors (Lipinski definition) is 0. The van der Waals surface area contributed by atoms with Gasteiger partial charge in [0, 0.05) is 35.8 Å². The largest absolute Gasteiger partial charge is 0.475 e. The quantitative estimate of drug-likeness (QED) is 0.298. The maximum absolute atomic E-state index is 13.2. The van der Waals surface area contributed by atoms with Crippen LogP contribution in [0.3, 0.4) is 0 Å². The Hall–Kier alpha value is -2.38. The minimum absolute atomic E-state index is 0.171. The fraction of sp³-hybridized carbons (Fsp3) is 0.417. The summed E-state index contributed by atoms with van der Waals surface area (Å²) in [4.78, 5) is 28.2. The van der Waals surface area contributed by atoms with Crippen LogP contribution < -0.4 is 4.74 Å². The maximum atomic E-state index is 13.2. The van der Waals surface area contributed by atoms with Gasteiger partial charge in [0.1, 0.15) is 17.3 Å². The predicted octanol–water partition coefficient (Wildman–Crippen LogP) is 5.78. The van der Waals surface area contributed by atoms with Crippen molar-refractivity contribution in [1.29, 1.82) is 0 Å². The molecular weight excluding hydrogens is 450 g/mol. The lowest BCUT2D eigenvalue weighted by atomic mass is 9.91. The Morgan fingerprint density at radius 3 is 2.25 bits per heavy atom. The normalized spacial score (nSPS) is 15.7. The molecule has 172 valence electrons. The zero-order valence-corrected chi connectivity index (χ0v) is 20.1. The van der Waals surface area contributed by atoms with Gasteiger partial charge in [0.05, 0.1) is 0 Å². The third-order valence-corrected chi connectivity index (χ3v) is 5.97. The zero-order valence-electron chi connectivity index (χ0n) is 18.5. The smallest absolute Gasteiger partial charge is 0.410 e. The molecule has 1 amide bonds. The first-order chi connectivity index (χ1) is 15.2. The Morgan fingerprint density at radius 1 is 1.03 bits per heavy atom. The van der Waals surface area contributed by atoms with E-state index in [1.54, 1.807) is 29.2 Å². The number of amides is 1. The zero-order chi connectivity index (χ0) is 23.2. The van der Waals surface area contributed by atoms with Crippen LogP contribution in [0, 0.1) is 0 Å². The Morgan fingerprint density at radius 2 is 1.66 bits per heavy atom. The molecule has 32 heavy (non-hydrogen) atoms. The number of piperidine rings is 1. The SMILES string of the molecule is CC(C)(C)OC(=O)N1CCC(Oc2ccc(Cl)cc2)(C(=O)OCSc2ccccc2)CC1. The first-order valence-electron chi connectivity index (χ1n) is 10.4. The number of carbonyl (C=O) groups excluding carboxylic acids is 2. The molecule has 1 saturated heterocycles. The van der Waals surface area contributed by atoms with Gasteiger partial charge in [-0.05, 0) is 57.2 Å². The van der Waals surface area contributed by atoms with E-state index in [2.05, 4.69) is 0 Å². The highest BCUT2D eigenvalue weighted by molar-refractivity contribution is 7.99. The molecule has 2 aromatic rings. The molecule has 0 aromatic heterocycles. The average Bonchev–Trinajstić information content (AvgIpc) is 2.75. The van der Waals surface area contributed by atoms with Gasteiger partial charge < -0.3 is 19.1 Å². The second-order valence-electron chi connectivity index (χ2n) is 8.52. The molecule has 0 N–H and O–H groups in total. The van der Waals surface area contributed by atoms with Gasteiger partial charge in [-0.25, -0.2) is 9.59 Å². The summed E-state index contributed by atoms with van der Waals surface area (Å²) in [7, 11) is 0. The number of ether oxygens (including phenoxy) is 3. The van der Waals surface area contributed by atoms with Crippen LogP contribution in [0.15, 0.2) is 59.5 Å². The molecule has 8 heteroatoms. The van der Waals surface area contributed by atoms with Gasteiger partial charge in [-0.1, -0.05) is 41.6 Å². The first kappa shape index (κ1) is 24.3. The first-order valence-corrected chi connectivity index (χ1v) is 11.8. The summed E-state index contributed by atoms with van der Waals surface area (Å²) in [6.07, 6.45) is 0.193. The lowest BCUT2D eigenvalue weighted by Gasteiger charge is -2.40. The van der Waals surface area contributed by atoms with Gasteiger partial charge >= 0.3 is 12.1 Å². The van der Waals surface area contributed by atoms with Gasteiger partial charge in [-0.2, -0.15) is 0 Å². The van der Waals surface area contributed by atoms with Crippen molar-refractivity contribution in [2.75, 3.05) is 19.0 Å². The molecule has 1 aliphatic rings. The van der Waals surface area contributed by atoms with Gasteiger partial charge in [0.2, 0.25) is 5.60 Å².